The number of carbonyl (C=O) groups is 1. The van der Waals surface area contributed by atoms with Crippen LogP contribution in [0, 0.1) is 11.8 Å². The number of anilines is 1. The second kappa shape index (κ2) is 7.03. The Balaban J connectivity index is 2.12. The summed E-state index contributed by atoms with van der Waals surface area (Å²) in [4.78, 5) is 22.9. The molecule has 1 amide bonds. The molecule has 0 aliphatic rings. The lowest BCUT2D eigenvalue weighted by atomic mass is 10.1. The van der Waals surface area contributed by atoms with Gasteiger partial charge in [0.25, 0.3) is 11.5 Å². The van der Waals surface area contributed by atoms with Gasteiger partial charge in [-0.3, -0.25) is 9.59 Å². The standard InChI is InChI=1S/C15H13N3O3/c19-9-2-1-4-11-5-3-6-12(10-11)15(21)16-13-7-8-14(20)18-17-13/h3,5-8,10,19H,2,9H2,(H,18,20)(H,16,17,21). The van der Waals surface area contributed by atoms with E-state index in [1.165, 1.54) is 12.1 Å². The summed E-state index contributed by atoms with van der Waals surface area (Å²) in [6.07, 6.45) is 0.387. The van der Waals surface area contributed by atoms with E-state index in [9.17, 15) is 9.59 Å². The van der Waals surface area contributed by atoms with Gasteiger partial charge in [-0.15, -0.1) is 0 Å². The van der Waals surface area contributed by atoms with Crippen molar-refractivity contribution in [2.75, 3.05) is 11.9 Å². The summed E-state index contributed by atoms with van der Waals surface area (Å²) in [6.45, 7) is 0.00502. The van der Waals surface area contributed by atoms with Crippen LogP contribution in [0.1, 0.15) is 22.3 Å². The van der Waals surface area contributed by atoms with Crippen molar-refractivity contribution in [1.29, 1.82) is 0 Å². The third-order valence-electron chi connectivity index (χ3n) is 2.52. The number of hydrogen-bond donors (Lipinski definition) is 3. The molecule has 0 unspecified atom stereocenters. The second-order valence-corrected chi connectivity index (χ2v) is 4.12. The number of aliphatic hydroxyl groups is 1. The van der Waals surface area contributed by atoms with Crippen molar-refractivity contribution in [2.24, 2.45) is 0 Å². The molecule has 0 aliphatic carbocycles. The maximum absolute atomic E-state index is 12.0. The monoisotopic (exact) mass is 283 g/mol. The van der Waals surface area contributed by atoms with Crippen LogP contribution in [0.4, 0.5) is 5.82 Å². The van der Waals surface area contributed by atoms with Crippen molar-refractivity contribution in [1.82, 2.24) is 10.2 Å². The molecule has 0 saturated carbocycles. The smallest absolute Gasteiger partial charge is 0.264 e. The van der Waals surface area contributed by atoms with Gasteiger partial charge in [-0.05, 0) is 24.3 Å². The molecule has 0 radical (unpaired) electrons. The Labute approximate surface area is 120 Å². The molecule has 0 aliphatic heterocycles. The molecule has 3 N–H and O–H groups in total. The first-order chi connectivity index (χ1) is 10.2. The molecular weight excluding hydrogens is 270 g/mol. The number of nitrogens with zero attached hydrogens (tertiary/aromatic N) is 1. The third kappa shape index (κ3) is 4.30. The molecule has 0 atom stereocenters. The van der Waals surface area contributed by atoms with Gasteiger partial charge in [0.1, 0.15) is 0 Å². The van der Waals surface area contributed by atoms with Gasteiger partial charge in [-0.25, -0.2) is 5.10 Å². The van der Waals surface area contributed by atoms with E-state index in [1.54, 1.807) is 24.3 Å². The van der Waals surface area contributed by atoms with E-state index in [0.29, 0.717) is 17.5 Å². The number of carbonyl (C=O) groups excluding carboxylic acids is 1. The SMILES string of the molecule is O=C(Nc1ccc(=O)[nH]n1)c1cccc(C#CCCO)c1. The maximum Gasteiger partial charge on any atom is 0.264 e. The molecule has 0 bridgehead atoms. The third-order valence-corrected chi connectivity index (χ3v) is 2.52. The van der Waals surface area contributed by atoms with Gasteiger partial charge in [0.15, 0.2) is 5.82 Å². The zero-order valence-corrected chi connectivity index (χ0v) is 11.1. The molecule has 21 heavy (non-hydrogen) atoms. The van der Waals surface area contributed by atoms with Gasteiger partial charge >= 0.3 is 0 Å². The summed E-state index contributed by atoms with van der Waals surface area (Å²) in [5, 5.41) is 17.2. The van der Waals surface area contributed by atoms with Crippen LogP contribution in [0.2, 0.25) is 0 Å². The lowest BCUT2D eigenvalue weighted by Crippen LogP contribution is -2.15. The van der Waals surface area contributed by atoms with Gasteiger partial charge in [0.05, 0.1) is 6.61 Å². The van der Waals surface area contributed by atoms with E-state index in [-0.39, 0.29) is 23.9 Å². The molecule has 1 heterocycles. The number of H-pyrrole nitrogens is 1. The summed E-state index contributed by atoms with van der Waals surface area (Å²) in [7, 11) is 0. The van der Waals surface area contributed by atoms with Crippen molar-refractivity contribution in [3.05, 3.63) is 57.9 Å². The molecule has 6 nitrogen and oxygen atoms in total. The van der Waals surface area contributed by atoms with E-state index in [2.05, 4.69) is 27.4 Å². The highest BCUT2D eigenvalue weighted by atomic mass is 16.2. The number of aliphatic hydroxyl groups excluding tert-OH is 1. The average Bonchev–Trinajstić information content (AvgIpc) is 2.50. The maximum atomic E-state index is 12.0. The number of aromatic amines is 1. The fourth-order valence-electron chi connectivity index (χ4n) is 1.56. The minimum absolute atomic E-state index is 0.00502. The zero-order valence-electron chi connectivity index (χ0n) is 11.1. The first-order valence-electron chi connectivity index (χ1n) is 6.26. The normalized spacial score (nSPS) is 9.57. The van der Waals surface area contributed by atoms with Crippen molar-refractivity contribution in [2.45, 2.75) is 6.42 Å². The quantitative estimate of drug-likeness (QED) is 0.725. The molecule has 6 heteroatoms. The van der Waals surface area contributed by atoms with Crippen molar-refractivity contribution >= 4 is 11.7 Å². The zero-order chi connectivity index (χ0) is 15.1. The number of aromatic nitrogens is 2. The molecule has 1 aromatic heterocycles. The van der Waals surface area contributed by atoms with Crippen LogP contribution in [0.3, 0.4) is 0 Å². The Morgan fingerprint density at radius 3 is 2.90 bits per heavy atom. The Morgan fingerprint density at radius 2 is 2.19 bits per heavy atom. The van der Waals surface area contributed by atoms with E-state index in [0.717, 1.165) is 0 Å². The van der Waals surface area contributed by atoms with Crippen LogP contribution in [0.5, 0.6) is 0 Å². The molecule has 0 saturated heterocycles. The summed E-state index contributed by atoms with van der Waals surface area (Å²) >= 11 is 0. The number of nitrogens with one attached hydrogen (secondary N) is 2. The summed E-state index contributed by atoms with van der Waals surface area (Å²) < 4.78 is 0. The van der Waals surface area contributed by atoms with Crippen LogP contribution in [-0.4, -0.2) is 27.8 Å². The van der Waals surface area contributed by atoms with Crippen LogP contribution < -0.4 is 10.9 Å². The van der Waals surface area contributed by atoms with Crippen molar-refractivity contribution in [3.8, 4) is 11.8 Å². The molecular formula is C15H13N3O3. The minimum atomic E-state index is -0.347. The van der Waals surface area contributed by atoms with E-state index < -0.39 is 0 Å². The molecule has 2 rings (SSSR count). The van der Waals surface area contributed by atoms with Gasteiger partial charge in [0.2, 0.25) is 0 Å². The molecule has 0 fully saturated rings. The highest BCUT2D eigenvalue weighted by Gasteiger charge is 2.07. The largest absolute Gasteiger partial charge is 0.395 e. The van der Waals surface area contributed by atoms with Crippen molar-refractivity contribution in [3.63, 3.8) is 0 Å². The van der Waals surface area contributed by atoms with Crippen LogP contribution in [0.25, 0.3) is 0 Å². The lowest BCUT2D eigenvalue weighted by Gasteiger charge is -2.03. The summed E-state index contributed by atoms with van der Waals surface area (Å²) in [5.74, 6) is 5.56. The molecule has 2 aromatic rings. The van der Waals surface area contributed by atoms with Crippen LogP contribution in [0.15, 0.2) is 41.2 Å². The first-order valence-corrected chi connectivity index (χ1v) is 6.26. The summed E-state index contributed by atoms with van der Waals surface area (Å²) in [6, 6.07) is 9.49. The van der Waals surface area contributed by atoms with E-state index in [4.69, 9.17) is 5.11 Å². The average molecular weight is 283 g/mol. The predicted octanol–water partition coefficient (Wildman–Crippen LogP) is 0.756. The van der Waals surface area contributed by atoms with Crippen LogP contribution in [-0.2, 0) is 0 Å². The van der Waals surface area contributed by atoms with Gasteiger partial charge in [0, 0.05) is 23.6 Å². The number of rotatable bonds is 3. The first kappa shape index (κ1) is 14.5. The Hall–Kier alpha value is -2.91. The van der Waals surface area contributed by atoms with Crippen molar-refractivity contribution < 1.29 is 9.90 Å². The fourth-order valence-corrected chi connectivity index (χ4v) is 1.56. The minimum Gasteiger partial charge on any atom is -0.395 e. The molecule has 106 valence electrons. The highest BCUT2D eigenvalue weighted by Crippen LogP contribution is 2.07. The predicted molar refractivity (Wildman–Crippen MR) is 77.8 cm³/mol. The molecule has 1 aromatic carbocycles. The Morgan fingerprint density at radius 1 is 1.33 bits per heavy atom. The van der Waals surface area contributed by atoms with Gasteiger partial charge in [-0.2, -0.15) is 5.10 Å². The van der Waals surface area contributed by atoms with E-state index >= 15 is 0 Å². The van der Waals surface area contributed by atoms with E-state index in [1.807, 2.05) is 0 Å². The lowest BCUT2D eigenvalue weighted by molar-refractivity contribution is 0.102. The second-order valence-electron chi connectivity index (χ2n) is 4.12. The highest BCUT2D eigenvalue weighted by molar-refractivity contribution is 6.03. The van der Waals surface area contributed by atoms with Crippen LogP contribution >= 0.6 is 0 Å². The molecule has 0 spiro atoms. The Bertz CT molecular complexity index is 736. The summed E-state index contributed by atoms with van der Waals surface area (Å²) in [5.41, 5.74) is 0.776. The Kier molecular flexibility index (Phi) is 4.85. The number of benzene rings is 1. The topological polar surface area (TPSA) is 95.1 Å². The van der Waals surface area contributed by atoms with Gasteiger partial charge in [-0.1, -0.05) is 17.9 Å². The fraction of sp³-hybridized carbons (Fsp3) is 0.133. The number of hydrogen-bond acceptors (Lipinski definition) is 4. The van der Waals surface area contributed by atoms with Gasteiger partial charge < -0.3 is 10.4 Å². The number of amides is 1.